The third kappa shape index (κ3) is 4.15. The highest BCUT2D eigenvalue weighted by Crippen LogP contribution is 2.40. The molecule has 0 radical (unpaired) electrons. The summed E-state index contributed by atoms with van der Waals surface area (Å²) in [5.41, 5.74) is 11.1. The van der Waals surface area contributed by atoms with Crippen molar-refractivity contribution in [1.29, 1.82) is 0 Å². The van der Waals surface area contributed by atoms with Crippen LogP contribution in [0.5, 0.6) is 0 Å². The first-order chi connectivity index (χ1) is 25.3. The van der Waals surface area contributed by atoms with Crippen molar-refractivity contribution in [2.45, 2.75) is 0 Å². The van der Waals surface area contributed by atoms with Crippen molar-refractivity contribution in [2.75, 3.05) is 0 Å². The van der Waals surface area contributed by atoms with E-state index in [-0.39, 0.29) is 0 Å². The summed E-state index contributed by atoms with van der Waals surface area (Å²) < 4.78 is 11.0. The maximum atomic E-state index is 6.47. The van der Waals surface area contributed by atoms with Crippen LogP contribution in [0, 0.1) is 0 Å². The Morgan fingerprint density at radius 2 is 0.922 bits per heavy atom. The predicted molar refractivity (Wildman–Crippen MR) is 209 cm³/mol. The molecule has 0 unspecified atom stereocenters. The maximum Gasteiger partial charge on any atom is 0.238 e. The highest BCUT2D eigenvalue weighted by atomic mass is 16.3. The lowest BCUT2D eigenvalue weighted by Crippen LogP contribution is -2.02. The highest BCUT2D eigenvalue weighted by Gasteiger charge is 2.22. The van der Waals surface area contributed by atoms with Gasteiger partial charge in [0.05, 0.1) is 33.1 Å². The first-order valence-electron chi connectivity index (χ1n) is 17.2. The normalized spacial score (nSPS) is 11.9. The molecule has 11 aromatic rings. The minimum Gasteiger partial charge on any atom is -0.437 e. The quantitative estimate of drug-likeness (QED) is 0.190. The van der Waals surface area contributed by atoms with E-state index in [1.165, 1.54) is 16.5 Å². The number of hydrogen-bond acceptors (Lipinski definition) is 3. The minimum absolute atomic E-state index is 0.569. The molecule has 4 aromatic heterocycles. The van der Waals surface area contributed by atoms with Gasteiger partial charge in [-0.05, 0) is 59.7 Å². The molecule has 5 nitrogen and oxygen atoms in total. The SMILES string of the molecule is c1ccc(-c2ccc(-n3c4ccccc4c4cc(-c5nc(-n6c7ccccc7c7ccccc76)nc6oc7ccccc7c56)ccc43)cc2)cc1. The summed E-state index contributed by atoms with van der Waals surface area (Å²) >= 11 is 0. The number of fused-ring (bicyclic) bond motifs is 9. The Kier molecular flexibility index (Phi) is 5.89. The van der Waals surface area contributed by atoms with Gasteiger partial charge in [-0.15, -0.1) is 0 Å². The lowest BCUT2D eigenvalue weighted by molar-refractivity contribution is 0.651. The third-order valence-corrected chi connectivity index (χ3v) is 10.2. The zero-order valence-electron chi connectivity index (χ0n) is 27.4. The van der Waals surface area contributed by atoms with Gasteiger partial charge in [0.1, 0.15) is 5.58 Å². The van der Waals surface area contributed by atoms with E-state index in [4.69, 9.17) is 14.4 Å². The molecule has 0 amide bonds. The van der Waals surface area contributed by atoms with Crippen LogP contribution in [-0.2, 0) is 0 Å². The number of aromatic nitrogens is 4. The molecule has 0 aliphatic heterocycles. The third-order valence-electron chi connectivity index (χ3n) is 10.2. The van der Waals surface area contributed by atoms with Crippen molar-refractivity contribution in [3.05, 3.63) is 170 Å². The van der Waals surface area contributed by atoms with E-state index >= 15 is 0 Å². The Morgan fingerprint density at radius 1 is 0.392 bits per heavy atom. The standard InChI is InChI=1S/C46H28N4O/c1-2-12-29(13-3-1)30-22-25-32(26-23-30)49-38-18-8-6-16-35(38)37-28-31(24-27-41(37)49)44-43-36-17-7-11-21-42(36)51-45(43)48-46(47-44)50-39-19-9-4-14-33(39)34-15-5-10-20-40(34)50/h1-28H. The number of hydrogen-bond donors (Lipinski definition) is 0. The van der Waals surface area contributed by atoms with E-state index in [9.17, 15) is 0 Å². The van der Waals surface area contributed by atoms with Crippen molar-refractivity contribution >= 4 is 65.7 Å². The van der Waals surface area contributed by atoms with Crippen LogP contribution in [0.1, 0.15) is 0 Å². The molecule has 51 heavy (non-hydrogen) atoms. The Balaban J connectivity index is 1.16. The Hall–Kier alpha value is -6.98. The summed E-state index contributed by atoms with van der Waals surface area (Å²) in [6, 6.07) is 59.7. The second kappa shape index (κ2) is 10.8. The van der Waals surface area contributed by atoms with Gasteiger partial charge in [0.15, 0.2) is 0 Å². The molecule has 0 atom stereocenters. The molecule has 11 rings (SSSR count). The molecule has 0 aliphatic rings. The summed E-state index contributed by atoms with van der Waals surface area (Å²) in [6.07, 6.45) is 0. The van der Waals surface area contributed by atoms with E-state index < -0.39 is 0 Å². The van der Waals surface area contributed by atoms with Crippen LogP contribution >= 0.6 is 0 Å². The van der Waals surface area contributed by atoms with Gasteiger partial charge in [0, 0.05) is 38.2 Å². The smallest absolute Gasteiger partial charge is 0.238 e. The summed E-state index contributed by atoms with van der Waals surface area (Å²) in [4.78, 5) is 10.5. The molecule has 0 aliphatic carbocycles. The number of furan rings is 1. The average molecular weight is 653 g/mol. The molecule has 4 heterocycles. The molecule has 5 heteroatoms. The van der Waals surface area contributed by atoms with Crippen LogP contribution in [0.2, 0.25) is 0 Å². The van der Waals surface area contributed by atoms with Gasteiger partial charge in [0.2, 0.25) is 11.7 Å². The molecular weight excluding hydrogens is 625 g/mol. The van der Waals surface area contributed by atoms with Crippen LogP contribution in [0.4, 0.5) is 0 Å². The van der Waals surface area contributed by atoms with E-state index in [1.807, 2.05) is 18.2 Å². The van der Waals surface area contributed by atoms with Crippen LogP contribution in [0.15, 0.2) is 174 Å². The van der Waals surface area contributed by atoms with Crippen molar-refractivity contribution in [1.82, 2.24) is 19.1 Å². The van der Waals surface area contributed by atoms with Gasteiger partial charge in [-0.25, -0.2) is 4.98 Å². The van der Waals surface area contributed by atoms with E-state index in [1.54, 1.807) is 0 Å². The number of para-hydroxylation sites is 4. The first kappa shape index (κ1) is 27.9. The fraction of sp³-hybridized carbons (Fsp3) is 0. The summed E-state index contributed by atoms with van der Waals surface area (Å²) in [7, 11) is 0. The van der Waals surface area contributed by atoms with E-state index in [0.29, 0.717) is 11.7 Å². The van der Waals surface area contributed by atoms with Crippen molar-refractivity contribution in [2.24, 2.45) is 0 Å². The second-order valence-corrected chi connectivity index (χ2v) is 13.0. The molecule has 0 N–H and O–H groups in total. The van der Waals surface area contributed by atoms with Crippen LogP contribution in [0.3, 0.4) is 0 Å². The Bertz CT molecular complexity index is 3080. The molecule has 0 saturated heterocycles. The highest BCUT2D eigenvalue weighted by molar-refractivity contribution is 6.14. The molecular formula is C46H28N4O. The molecule has 0 fully saturated rings. The average Bonchev–Trinajstić information content (AvgIpc) is 3.85. The van der Waals surface area contributed by atoms with Crippen molar-refractivity contribution in [3.63, 3.8) is 0 Å². The number of nitrogens with zero attached hydrogens (tertiary/aromatic N) is 4. The summed E-state index contributed by atoms with van der Waals surface area (Å²) in [6.45, 7) is 0. The van der Waals surface area contributed by atoms with Crippen LogP contribution < -0.4 is 0 Å². The van der Waals surface area contributed by atoms with Gasteiger partial charge in [-0.2, -0.15) is 4.98 Å². The van der Waals surface area contributed by atoms with Gasteiger partial charge >= 0.3 is 0 Å². The summed E-state index contributed by atoms with van der Waals surface area (Å²) in [5, 5.41) is 6.58. The lowest BCUT2D eigenvalue weighted by Gasteiger charge is -2.11. The Morgan fingerprint density at radius 3 is 1.63 bits per heavy atom. The van der Waals surface area contributed by atoms with Crippen LogP contribution in [-0.4, -0.2) is 19.1 Å². The molecule has 238 valence electrons. The largest absolute Gasteiger partial charge is 0.437 e. The number of rotatable bonds is 4. The van der Waals surface area contributed by atoms with E-state index in [2.05, 4.69) is 161 Å². The van der Waals surface area contributed by atoms with Gasteiger partial charge < -0.3 is 8.98 Å². The fourth-order valence-corrected chi connectivity index (χ4v) is 7.89. The molecule has 0 saturated carbocycles. The zero-order chi connectivity index (χ0) is 33.5. The maximum absolute atomic E-state index is 6.47. The monoisotopic (exact) mass is 652 g/mol. The number of benzene rings is 7. The molecule has 7 aromatic carbocycles. The van der Waals surface area contributed by atoms with Gasteiger partial charge in [-0.3, -0.25) is 4.57 Å². The summed E-state index contributed by atoms with van der Waals surface area (Å²) in [5.74, 6) is 0.579. The van der Waals surface area contributed by atoms with Crippen molar-refractivity contribution in [3.8, 4) is 34.0 Å². The van der Waals surface area contributed by atoms with Crippen LogP contribution in [0.25, 0.3) is 99.7 Å². The Labute approximate surface area is 292 Å². The minimum atomic E-state index is 0.569. The topological polar surface area (TPSA) is 48.8 Å². The fourth-order valence-electron chi connectivity index (χ4n) is 7.89. The van der Waals surface area contributed by atoms with E-state index in [0.717, 1.165) is 71.5 Å². The van der Waals surface area contributed by atoms with Gasteiger partial charge in [-0.1, -0.05) is 121 Å². The predicted octanol–water partition coefficient (Wildman–Crippen LogP) is 11.9. The van der Waals surface area contributed by atoms with Gasteiger partial charge in [0.25, 0.3) is 0 Å². The molecule has 0 bridgehead atoms. The lowest BCUT2D eigenvalue weighted by atomic mass is 10.0. The van der Waals surface area contributed by atoms with Crippen molar-refractivity contribution < 1.29 is 4.42 Å². The first-order valence-corrected chi connectivity index (χ1v) is 17.2. The molecule has 0 spiro atoms. The second-order valence-electron chi connectivity index (χ2n) is 13.0. The zero-order valence-corrected chi connectivity index (χ0v) is 27.4.